The molecule has 2 fully saturated rings. The van der Waals surface area contributed by atoms with Crippen molar-refractivity contribution in [2.45, 2.75) is 31.1 Å². The van der Waals surface area contributed by atoms with Crippen LogP contribution in [-0.4, -0.2) is 29.7 Å². The fourth-order valence-corrected chi connectivity index (χ4v) is 4.21. The van der Waals surface area contributed by atoms with Crippen molar-refractivity contribution in [1.82, 2.24) is 4.90 Å². The average Bonchev–Trinajstić information content (AvgIpc) is 3.50. The first-order chi connectivity index (χ1) is 12.6. The van der Waals surface area contributed by atoms with Gasteiger partial charge < -0.3 is 4.90 Å². The van der Waals surface area contributed by atoms with Crippen molar-refractivity contribution in [3.63, 3.8) is 0 Å². The van der Waals surface area contributed by atoms with Crippen molar-refractivity contribution in [3.05, 3.63) is 70.7 Å². The van der Waals surface area contributed by atoms with E-state index in [0.717, 1.165) is 36.8 Å². The molecule has 0 spiro atoms. The number of hydrogen-bond donors (Lipinski definition) is 0. The molecule has 0 bridgehead atoms. The molecule has 1 saturated heterocycles. The van der Waals surface area contributed by atoms with Crippen LogP contribution < -0.4 is 0 Å². The Kier molecular flexibility index (Phi) is 4.58. The van der Waals surface area contributed by atoms with Crippen LogP contribution in [0.25, 0.3) is 0 Å². The van der Waals surface area contributed by atoms with Crippen molar-refractivity contribution in [2.24, 2.45) is 5.92 Å². The van der Waals surface area contributed by atoms with E-state index in [4.69, 9.17) is 11.6 Å². The zero-order chi connectivity index (χ0) is 18.1. The summed E-state index contributed by atoms with van der Waals surface area (Å²) < 4.78 is 0. The van der Waals surface area contributed by atoms with Crippen LogP contribution in [0.5, 0.6) is 0 Å². The number of rotatable bonds is 4. The van der Waals surface area contributed by atoms with E-state index in [1.165, 1.54) is 0 Å². The van der Waals surface area contributed by atoms with Gasteiger partial charge in [0.1, 0.15) is 0 Å². The van der Waals surface area contributed by atoms with Gasteiger partial charge in [0.05, 0.1) is 5.41 Å². The van der Waals surface area contributed by atoms with Crippen LogP contribution in [0.2, 0.25) is 5.02 Å². The Morgan fingerprint density at radius 1 is 0.962 bits per heavy atom. The second-order valence-electron chi connectivity index (χ2n) is 7.39. The van der Waals surface area contributed by atoms with Gasteiger partial charge in [-0.3, -0.25) is 9.59 Å². The summed E-state index contributed by atoms with van der Waals surface area (Å²) in [6.07, 6.45) is 3.25. The van der Waals surface area contributed by atoms with Crippen LogP contribution in [0, 0.1) is 5.92 Å². The molecule has 134 valence electrons. The number of halogens is 1. The minimum atomic E-state index is -0.388. The summed E-state index contributed by atoms with van der Waals surface area (Å²) in [5.41, 5.74) is 1.41. The predicted molar refractivity (Wildman–Crippen MR) is 102 cm³/mol. The summed E-state index contributed by atoms with van der Waals surface area (Å²) in [4.78, 5) is 27.7. The molecule has 1 aliphatic carbocycles. The normalized spacial score (nSPS) is 19.2. The Morgan fingerprint density at radius 3 is 2.27 bits per heavy atom. The molecule has 1 saturated carbocycles. The smallest absolute Gasteiger partial charge is 0.233 e. The van der Waals surface area contributed by atoms with E-state index in [-0.39, 0.29) is 23.0 Å². The number of likely N-dealkylation sites (tertiary alicyclic amines) is 1. The second kappa shape index (κ2) is 6.88. The Balaban J connectivity index is 1.42. The third kappa shape index (κ3) is 3.16. The lowest BCUT2D eigenvalue weighted by Crippen LogP contribution is -2.45. The summed E-state index contributed by atoms with van der Waals surface area (Å²) in [5, 5.41) is 0.675. The number of benzene rings is 2. The van der Waals surface area contributed by atoms with Crippen molar-refractivity contribution in [2.75, 3.05) is 13.1 Å². The second-order valence-corrected chi connectivity index (χ2v) is 7.83. The highest BCUT2D eigenvalue weighted by Crippen LogP contribution is 2.50. The van der Waals surface area contributed by atoms with Crippen LogP contribution >= 0.6 is 11.6 Å². The number of carbonyl (C=O) groups excluding carboxylic acids is 2. The average molecular weight is 368 g/mol. The number of hydrogen-bond acceptors (Lipinski definition) is 2. The van der Waals surface area contributed by atoms with E-state index in [0.29, 0.717) is 18.1 Å². The molecular weight excluding hydrogens is 346 g/mol. The molecule has 0 unspecified atom stereocenters. The molecule has 2 aromatic rings. The largest absolute Gasteiger partial charge is 0.342 e. The highest BCUT2D eigenvalue weighted by Gasteiger charge is 2.53. The maximum Gasteiger partial charge on any atom is 0.233 e. The topological polar surface area (TPSA) is 37.4 Å². The van der Waals surface area contributed by atoms with Gasteiger partial charge in [0.15, 0.2) is 5.78 Å². The summed E-state index contributed by atoms with van der Waals surface area (Å²) in [6, 6.07) is 17.1. The molecule has 1 aliphatic heterocycles. The van der Waals surface area contributed by atoms with Crippen LogP contribution in [0.15, 0.2) is 54.6 Å². The Hall–Kier alpha value is -2.13. The SMILES string of the molecule is O=C(c1ccccc1)C1CCN(C(=O)C2(c3cccc(Cl)c3)CC2)CC1. The monoisotopic (exact) mass is 367 g/mol. The third-order valence-corrected chi connectivity index (χ3v) is 5.98. The van der Waals surface area contributed by atoms with Crippen LogP contribution in [0.4, 0.5) is 0 Å². The molecule has 2 aromatic carbocycles. The lowest BCUT2D eigenvalue weighted by Gasteiger charge is -2.34. The van der Waals surface area contributed by atoms with Crippen molar-refractivity contribution in [1.29, 1.82) is 0 Å². The molecular formula is C22H22ClNO2. The Morgan fingerprint density at radius 2 is 1.65 bits per heavy atom. The quantitative estimate of drug-likeness (QED) is 0.746. The summed E-state index contributed by atoms with van der Waals surface area (Å²) >= 11 is 6.12. The van der Waals surface area contributed by atoms with E-state index in [1.54, 1.807) is 0 Å². The molecule has 1 amide bonds. The van der Waals surface area contributed by atoms with Gasteiger partial charge in [0, 0.05) is 29.6 Å². The molecule has 0 radical (unpaired) electrons. The molecule has 4 rings (SSSR count). The molecule has 0 atom stereocenters. The Labute approximate surface area is 159 Å². The van der Waals surface area contributed by atoms with Gasteiger partial charge in [-0.2, -0.15) is 0 Å². The number of carbonyl (C=O) groups is 2. The molecule has 2 aliphatic rings. The predicted octanol–water partition coefficient (Wildman–Crippen LogP) is 4.49. The van der Waals surface area contributed by atoms with Gasteiger partial charge in [0.25, 0.3) is 0 Å². The Bertz CT molecular complexity index is 821. The first-order valence-corrected chi connectivity index (χ1v) is 9.63. The zero-order valence-corrected chi connectivity index (χ0v) is 15.4. The minimum Gasteiger partial charge on any atom is -0.342 e. The maximum absolute atomic E-state index is 13.1. The van der Waals surface area contributed by atoms with E-state index < -0.39 is 0 Å². The number of ketones is 1. The van der Waals surface area contributed by atoms with Gasteiger partial charge in [0.2, 0.25) is 5.91 Å². The van der Waals surface area contributed by atoms with Gasteiger partial charge in [-0.25, -0.2) is 0 Å². The summed E-state index contributed by atoms with van der Waals surface area (Å²) in [7, 11) is 0. The van der Waals surface area contributed by atoms with Crippen LogP contribution in [0.3, 0.4) is 0 Å². The molecule has 3 nitrogen and oxygen atoms in total. The van der Waals surface area contributed by atoms with Crippen LogP contribution in [-0.2, 0) is 10.2 Å². The minimum absolute atomic E-state index is 0.0165. The standard InChI is InChI=1S/C22H22ClNO2/c23-19-8-4-7-18(15-19)22(11-12-22)21(26)24-13-9-17(10-14-24)20(25)16-5-2-1-3-6-16/h1-8,15,17H,9-14H2. The zero-order valence-electron chi connectivity index (χ0n) is 14.7. The molecule has 26 heavy (non-hydrogen) atoms. The van der Waals surface area contributed by atoms with Gasteiger partial charge >= 0.3 is 0 Å². The van der Waals surface area contributed by atoms with Gasteiger partial charge in [-0.15, -0.1) is 0 Å². The third-order valence-electron chi connectivity index (χ3n) is 5.75. The highest BCUT2D eigenvalue weighted by molar-refractivity contribution is 6.30. The van der Waals surface area contributed by atoms with Crippen molar-refractivity contribution < 1.29 is 9.59 Å². The van der Waals surface area contributed by atoms with Gasteiger partial charge in [-0.05, 0) is 43.4 Å². The lowest BCUT2D eigenvalue weighted by molar-refractivity contribution is -0.135. The fourth-order valence-electron chi connectivity index (χ4n) is 4.02. The molecule has 0 N–H and O–H groups in total. The molecule has 1 heterocycles. The number of amides is 1. The van der Waals surface area contributed by atoms with E-state index in [1.807, 2.05) is 59.5 Å². The van der Waals surface area contributed by atoms with E-state index in [2.05, 4.69) is 0 Å². The first kappa shape index (κ1) is 17.3. The van der Waals surface area contributed by atoms with E-state index >= 15 is 0 Å². The number of nitrogens with zero attached hydrogens (tertiary/aromatic N) is 1. The van der Waals surface area contributed by atoms with Crippen molar-refractivity contribution >= 4 is 23.3 Å². The highest BCUT2D eigenvalue weighted by atomic mass is 35.5. The summed E-state index contributed by atoms with van der Waals surface area (Å²) in [6.45, 7) is 1.31. The number of piperidine rings is 1. The maximum atomic E-state index is 13.1. The van der Waals surface area contributed by atoms with E-state index in [9.17, 15) is 9.59 Å². The summed E-state index contributed by atoms with van der Waals surface area (Å²) in [5.74, 6) is 0.418. The van der Waals surface area contributed by atoms with Gasteiger partial charge in [-0.1, -0.05) is 54.1 Å². The lowest BCUT2D eigenvalue weighted by atomic mass is 9.87. The molecule has 0 aromatic heterocycles. The first-order valence-electron chi connectivity index (χ1n) is 9.25. The fraction of sp³-hybridized carbons (Fsp3) is 0.364. The number of Topliss-reactive ketones (excluding diaryl/α,β-unsaturated/α-hetero) is 1. The van der Waals surface area contributed by atoms with Crippen molar-refractivity contribution in [3.8, 4) is 0 Å². The van der Waals surface area contributed by atoms with Crippen LogP contribution in [0.1, 0.15) is 41.6 Å². The molecule has 4 heteroatoms.